The first-order chi connectivity index (χ1) is 19.5. The van der Waals surface area contributed by atoms with E-state index in [1.54, 1.807) is 24.3 Å². The smallest absolute Gasteiger partial charge is 0.246 e. The molecule has 2 aromatic rings. The summed E-state index contributed by atoms with van der Waals surface area (Å²) in [5, 5.41) is 0. The van der Waals surface area contributed by atoms with Crippen LogP contribution in [0.15, 0.2) is 48.5 Å². The number of carbonyl (C=O) groups excluding carboxylic acids is 3. The van der Waals surface area contributed by atoms with Crippen LogP contribution < -0.4 is 14.2 Å². The van der Waals surface area contributed by atoms with Crippen LogP contribution >= 0.6 is 0 Å². The highest BCUT2D eigenvalue weighted by Gasteiger charge is 2.42. The Labute approximate surface area is 235 Å². The average Bonchev–Trinajstić information content (AvgIpc) is 3.24. The molecule has 2 aromatic carbocycles. The first-order valence-corrected chi connectivity index (χ1v) is 14.4. The first-order valence-electron chi connectivity index (χ1n) is 14.4. The molecule has 2 amide bonds. The zero-order valence-corrected chi connectivity index (χ0v) is 23.2. The van der Waals surface area contributed by atoms with Crippen molar-refractivity contribution in [2.45, 2.75) is 45.4 Å². The first kappa shape index (κ1) is 27.7. The summed E-state index contributed by atoms with van der Waals surface area (Å²) in [5.41, 5.74) is 1.48. The van der Waals surface area contributed by atoms with Crippen LogP contribution in [0.5, 0.6) is 17.2 Å². The van der Waals surface area contributed by atoms with Crippen molar-refractivity contribution in [2.75, 3.05) is 46.0 Å². The maximum atomic E-state index is 13.0. The standard InChI is InChI=1S/C32H38N2O6/c1-2-38-27-7-4-3-6-24(27)9-12-30(36)33-17-14-32(15-18-33)16-19-34(23-32)31(37)13-10-26(35)25-8-11-28-29(22-25)40-21-5-20-39-28/h3-4,6-9,11-12,22H,2,5,10,13-21,23H2,1H3/b12-9+. The lowest BCUT2D eigenvalue weighted by atomic mass is 9.78. The minimum Gasteiger partial charge on any atom is -0.493 e. The fraction of sp³-hybridized carbons (Fsp3) is 0.469. The Morgan fingerprint density at radius 2 is 1.65 bits per heavy atom. The fourth-order valence-corrected chi connectivity index (χ4v) is 5.79. The van der Waals surface area contributed by atoms with Gasteiger partial charge in [-0.05, 0) is 61.9 Å². The van der Waals surface area contributed by atoms with E-state index in [4.69, 9.17) is 14.2 Å². The van der Waals surface area contributed by atoms with Crippen LogP contribution in [-0.2, 0) is 9.59 Å². The molecule has 0 unspecified atom stereocenters. The molecule has 1 spiro atoms. The van der Waals surface area contributed by atoms with Gasteiger partial charge in [-0.15, -0.1) is 0 Å². The van der Waals surface area contributed by atoms with Crippen molar-refractivity contribution < 1.29 is 28.6 Å². The Kier molecular flexibility index (Phi) is 8.72. The van der Waals surface area contributed by atoms with Gasteiger partial charge in [-0.1, -0.05) is 18.2 Å². The summed E-state index contributed by atoms with van der Waals surface area (Å²) in [5.74, 6) is 1.97. The average molecular weight is 547 g/mol. The highest BCUT2D eigenvalue weighted by molar-refractivity contribution is 5.98. The SMILES string of the molecule is CCOc1ccccc1/C=C/C(=O)N1CCC2(CC1)CCN(C(=O)CCC(=O)c1ccc3c(c1)OCCCO3)C2. The summed E-state index contributed by atoms with van der Waals surface area (Å²) in [6.07, 6.45) is 7.31. The number of hydrogen-bond donors (Lipinski definition) is 0. The molecular weight excluding hydrogens is 508 g/mol. The van der Waals surface area contributed by atoms with Crippen LogP contribution in [0.25, 0.3) is 6.08 Å². The molecule has 0 bridgehead atoms. The quantitative estimate of drug-likeness (QED) is 0.351. The molecule has 3 heterocycles. The third kappa shape index (κ3) is 6.49. The van der Waals surface area contributed by atoms with E-state index in [1.807, 2.05) is 47.1 Å². The molecule has 8 heteroatoms. The number of hydrogen-bond acceptors (Lipinski definition) is 6. The second-order valence-corrected chi connectivity index (χ2v) is 10.8. The predicted octanol–water partition coefficient (Wildman–Crippen LogP) is 4.76. The molecule has 0 aromatic heterocycles. The Morgan fingerprint density at radius 1 is 0.925 bits per heavy atom. The lowest BCUT2D eigenvalue weighted by Crippen LogP contribution is -2.44. The minimum atomic E-state index is -0.0679. The number of nitrogens with zero attached hydrogens (tertiary/aromatic N) is 2. The van der Waals surface area contributed by atoms with Gasteiger partial charge in [0.15, 0.2) is 17.3 Å². The fourth-order valence-electron chi connectivity index (χ4n) is 5.79. The molecule has 0 N–H and O–H groups in total. The molecule has 0 radical (unpaired) electrons. The Hall–Kier alpha value is -3.81. The molecule has 5 rings (SSSR count). The number of fused-ring (bicyclic) bond motifs is 1. The third-order valence-corrected chi connectivity index (χ3v) is 8.19. The zero-order chi connectivity index (χ0) is 28.0. The summed E-state index contributed by atoms with van der Waals surface area (Å²) in [6, 6.07) is 12.9. The molecule has 212 valence electrons. The van der Waals surface area contributed by atoms with Gasteiger partial charge in [-0.2, -0.15) is 0 Å². The molecule has 3 aliphatic heterocycles. The molecular formula is C32H38N2O6. The number of rotatable bonds is 8. The van der Waals surface area contributed by atoms with Crippen molar-refractivity contribution in [1.29, 1.82) is 0 Å². The topological polar surface area (TPSA) is 85.4 Å². The van der Waals surface area contributed by atoms with E-state index < -0.39 is 0 Å². The number of likely N-dealkylation sites (tertiary alicyclic amines) is 2. The van der Waals surface area contributed by atoms with E-state index in [1.165, 1.54) is 0 Å². The number of amides is 2. The molecule has 8 nitrogen and oxygen atoms in total. The Balaban J connectivity index is 1.09. The molecule has 0 aliphatic carbocycles. The van der Waals surface area contributed by atoms with Crippen molar-refractivity contribution in [1.82, 2.24) is 9.80 Å². The number of benzene rings is 2. The molecule has 2 saturated heterocycles. The summed E-state index contributed by atoms with van der Waals surface area (Å²) in [6.45, 7) is 6.44. The van der Waals surface area contributed by atoms with Gasteiger partial charge in [0.25, 0.3) is 0 Å². The largest absolute Gasteiger partial charge is 0.493 e. The maximum Gasteiger partial charge on any atom is 0.246 e. The zero-order valence-electron chi connectivity index (χ0n) is 23.2. The van der Waals surface area contributed by atoms with Crippen molar-refractivity contribution in [2.24, 2.45) is 5.41 Å². The number of ketones is 1. The molecule has 3 aliphatic rings. The summed E-state index contributed by atoms with van der Waals surface area (Å²) >= 11 is 0. The van der Waals surface area contributed by atoms with Crippen molar-refractivity contribution in [3.05, 3.63) is 59.7 Å². The highest BCUT2D eigenvalue weighted by Crippen LogP contribution is 2.41. The molecule has 0 saturated carbocycles. The van der Waals surface area contributed by atoms with Crippen LogP contribution in [0.4, 0.5) is 0 Å². The third-order valence-electron chi connectivity index (χ3n) is 8.19. The summed E-state index contributed by atoms with van der Waals surface area (Å²) in [7, 11) is 0. The lowest BCUT2D eigenvalue weighted by Gasteiger charge is -2.39. The van der Waals surface area contributed by atoms with Gasteiger partial charge in [-0.3, -0.25) is 14.4 Å². The normalized spacial score (nSPS) is 18.1. The number of ether oxygens (including phenoxy) is 3. The minimum absolute atomic E-state index is 0.000330. The summed E-state index contributed by atoms with van der Waals surface area (Å²) in [4.78, 5) is 42.5. The van der Waals surface area contributed by atoms with Crippen LogP contribution in [0, 0.1) is 5.41 Å². The van der Waals surface area contributed by atoms with Crippen molar-refractivity contribution in [3.63, 3.8) is 0 Å². The van der Waals surface area contributed by atoms with Crippen molar-refractivity contribution >= 4 is 23.7 Å². The molecule has 40 heavy (non-hydrogen) atoms. The monoisotopic (exact) mass is 546 g/mol. The van der Waals surface area contributed by atoms with Gasteiger partial charge < -0.3 is 24.0 Å². The predicted molar refractivity (Wildman–Crippen MR) is 152 cm³/mol. The van der Waals surface area contributed by atoms with Gasteiger partial charge in [-0.25, -0.2) is 0 Å². The lowest BCUT2D eigenvalue weighted by molar-refractivity contribution is -0.132. The number of para-hydroxylation sites is 1. The second-order valence-electron chi connectivity index (χ2n) is 10.8. The van der Waals surface area contributed by atoms with Crippen LogP contribution in [0.3, 0.4) is 0 Å². The number of Topliss-reactive ketones (excluding diaryl/α,β-unsaturated/α-hetero) is 1. The van der Waals surface area contributed by atoms with Crippen LogP contribution in [0.1, 0.15) is 61.4 Å². The van der Waals surface area contributed by atoms with Gasteiger partial charge >= 0.3 is 0 Å². The van der Waals surface area contributed by atoms with E-state index in [2.05, 4.69) is 0 Å². The van der Waals surface area contributed by atoms with E-state index in [9.17, 15) is 14.4 Å². The number of carbonyl (C=O) groups is 3. The highest BCUT2D eigenvalue weighted by atomic mass is 16.5. The van der Waals surface area contributed by atoms with Crippen LogP contribution in [0.2, 0.25) is 0 Å². The van der Waals surface area contributed by atoms with E-state index >= 15 is 0 Å². The van der Waals surface area contributed by atoms with Gasteiger partial charge in [0.1, 0.15) is 5.75 Å². The summed E-state index contributed by atoms with van der Waals surface area (Å²) < 4.78 is 17.0. The van der Waals surface area contributed by atoms with E-state index in [0.29, 0.717) is 63.1 Å². The Bertz CT molecular complexity index is 1260. The van der Waals surface area contributed by atoms with Gasteiger partial charge in [0, 0.05) is 62.6 Å². The van der Waals surface area contributed by atoms with E-state index in [0.717, 1.165) is 37.0 Å². The van der Waals surface area contributed by atoms with Gasteiger partial charge in [0.2, 0.25) is 11.8 Å². The number of piperidine rings is 1. The van der Waals surface area contributed by atoms with E-state index in [-0.39, 0.29) is 35.9 Å². The Morgan fingerprint density at radius 3 is 2.42 bits per heavy atom. The van der Waals surface area contributed by atoms with Crippen molar-refractivity contribution in [3.8, 4) is 17.2 Å². The molecule has 2 fully saturated rings. The second kappa shape index (κ2) is 12.6. The molecule has 0 atom stereocenters. The van der Waals surface area contributed by atoms with Crippen LogP contribution in [-0.4, -0.2) is 73.4 Å². The van der Waals surface area contributed by atoms with Gasteiger partial charge in [0.05, 0.1) is 19.8 Å². The maximum absolute atomic E-state index is 13.0.